The first-order valence-electron chi connectivity index (χ1n) is 6.79. The average Bonchev–Trinajstić information content (AvgIpc) is 2.85. The van der Waals surface area contributed by atoms with Crippen LogP contribution in [0.25, 0.3) is 0 Å². The molecule has 0 radical (unpaired) electrons. The fourth-order valence-corrected chi connectivity index (χ4v) is 3.46. The van der Waals surface area contributed by atoms with Crippen LogP contribution in [0.1, 0.15) is 49.7 Å². The summed E-state index contributed by atoms with van der Waals surface area (Å²) in [6.45, 7) is 0.768. The Bertz CT molecular complexity index is 587. The summed E-state index contributed by atoms with van der Waals surface area (Å²) in [6.07, 6.45) is 4.13. The van der Waals surface area contributed by atoms with Crippen molar-refractivity contribution >= 4 is 10.2 Å². The van der Waals surface area contributed by atoms with Gasteiger partial charge in [0.2, 0.25) is 5.89 Å². The molecule has 3 rings (SSSR count). The lowest BCUT2D eigenvalue weighted by Crippen LogP contribution is -2.44. The van der Waals surface area contributed by atoms with Crippen LogP contribution in [-0.2, 0) is 15.7 Å². The zero-order valence-electron chi connectivity index (χ0n) is 11.2. The molecule has 0 atom stereocenters. The molecule has 20 heavy (non-hydrogen) atoms. The van der Waals surface area contributed by atoms with Crippen LogP contribution in [-0.4, -0.2) is 36.0 Å². The lowest BCUT2D eigenvalue weighted by molar-refractivity contribution is 0.227. The molecule has 0 aromatic carbocycles. The third kappa shape index (κ3) is 2.46. The Kier molecular flexibility index (Phi) is 3.32. The van der Waals surface area contributed by atoms with Gasteiger partial charge in [-0.1, -0.05) is 5.16 Å². The van der Waals surface area contributed by atoms with Gasteiger partial charge in [-0.25, -0.2) is 5.14 Å². The Morgan fingerprint density at radius 3 is 2.45 bits per heavy atom. The zero-order chi connectivity index (χ0) is 14.4. The first-order chi connectivity index (χ1) is 9.38. The number of nitrogens with two attached hydrogens (primary N) is 2. The van der Waals surface area contributed by atoms with Crippen LogP contribution in [0.2, 0.25) is 0 Å². The molecule has 1 saturated carbocycles. The van der Waals surface area contributed by atoms with Crippen LogP contribution in [0.15, 0.2) is 4.52 Å². The van der Waals surface area contributed by atoms with Crippen LogP contribution in [0.5, 0.6) is 0 Å². The summed E-state index contributed by atoms with van der Waals surface area (Å²) in [5.74, 6) is 1.22. The highest BCUT2D eigenvalue weighted by molar-refractivity contribution is 7.86. The predicted octanol–water partition coefficient (Wildman–Crippen LogP) is -0.210. The number of piperidine rings is 1. The van der Waals surface area contributed by atoms with Crippen LogP contribution in [0, 0.1) is 0 Å². The van der Waals surface area contributed by atoms with E-state index in [4.69, 9.17) is 15.4 Å². The molecule has 1 saturated heterocycles. The quantitative estimate of drug-likeness (QED) is 0.795. The summed E-state index contributed by atoms with van der Waals surface area (Å²) in [6, 6.07) is 0. The van der Waals surface area contributed by atoms with Crippen molar-refractivity contribution in [1.29, 1.82) is 0 Å². The van der Waals surface area contributed by atoms with Crippen LogP contribution < -0.4 is 10.9 Å². The molecule has 0 amide bonds. The first kappa shape index (κ1) is 13.9. The fourth-order valence-electron chi connectivity index (χ4n) is 2.74. The summed E-state index contributed by atoms with van der Waals surface area (Å²) in [5, 5.41) is 9.10. The van der Waals surface area contributed by atoms with E-state index >= 15 is 0 Å². The van der Waals surface area contributed by atoms with Gasteiger partial charge in [0.15, 0.2) is 5.82 Å². The van der Waals surface area contributed by atoms with E-state index in [0.29, 0.717) is 37.6 Å². The van der Waals surface area contributed by atoms with Crippen molar-refractivity contribution in [1.82, 2.24) is 14.4 Å². The maximum atomic E-state index is 11.2. The largest absolute Gasteiger partial charge is 0.339 e. The highest BCUT2D eigenvalue weighted by Gasteiger charge is 2.40. The molecule has 0 unspecified atom stereocenters. The minimum atomic E-state index is -3.60. The Morgan fingerprint density at radius 1 is 1.30 bits per heavy atom. The average molecular weight is 301 g/mol. The van der Waals surface area contributed by atoms with Crippen molar-refractivity contribution in [2.45, 2.75) is 43.6 Å². The molecule has 1 aliphatic carbocycles. The van der Waals surface area contributed by atoms with Gasteiger partial charge in [0.05, 0.1) is 5.54 Å². The summed E-state index contributed by atoms with van der Waals surface area (Å²) >= 11 is 0. The molecule has 1 aliphatic heterocycles. The Balaban J connectivity index is 1.67. The summed E-state index contributed by atoms with van der Waals surface area (Å²) < 4.78 is 29.1. The SMILES string of the molecule is NC1(c2noc(C3CCN(S(N)(=O)=O)CC3)n2)CCC1. The van der Waals surface area contributed by atoms with E-state index in [-0.39, 0.29) is 5.92 Å². The second-order valence-electron chi connectivity index (χ2n) is 5.68. The molecule has 4 N–H and O–H groups in total. The van der Waals surface area contributed by atoms with Crippen molar-refractivity contribution in [3.63, 3.8) is 0 Å². The van der Waals surface area contributed by atoms with Gasteiger partial charge in [0.25, 0.3) is 10.2 Å². The van der Waals surface area contributed by atoms with Gasteiger partial charge in [-0.3, -0.25) is 0 Å². The lowest BCUT2D eigenvalue weighted by Gasteiger charge is -2.34. The van der Waals surface area contributed by atoms with Gasteiger partial charge in [0, 0.05) is 19.0 Å². The van der Waals surface area contributed by atoms with Gasteiger partial charge in [0.1, 0.15) is 0 Å². The topological polar surface area (TPSA) is 128 Å². The van der Waals surface area contributed by atoms with Gasteiger partial charge in [-0.2, -0.15) is 17.7 Å². The van der Waals surface area contributed by atoms with Crippen molar-refractivity contribution in [3.05, 3.63) is 11.7 Å². The minimum absolute atomic E-state index is 0.0814. The van der Waals surface area contributed by atoms with E-state index in [9.17, 15) is 8.42 Å². The maximum absolute atomic E-state index is 11.2. The molecule has 9 heteroatoms. The predicted molar refractivity (Wildman–Crippen MR) is 70.7 cm³/mol. The molecule has 8 nitrogen and oxygen atoms in total. The second kappa shape index (κ2) is 4.76. The maximum Gasteiger partial charge on any atom is 0.276 e. The molecule has 2 heterocycles. The highest BCUT2D eigenvalue weighted by Crippen LogP contribution is 2.38. The Morgan fingerprint density at radius 2 is 1.95 bits per heavy atom. The lowest BCUT2D eigenvalue weighted by atomic mass is 9.77. The molecule has 0 bridgehead atoms. The Labute approximate surface area is 117 Å². The van der Waals surface area contributed by atoms with E-state index in [1.165, 1.54) is 4.31 Å². The molecule has 1 aromatic rings. The van der Waals surface area contributed by atoms with Crippen LogP contribution >= 0.6 is 0 Å². The van der Waals surface area contributed by atoms with Crippen LogP contribution in [0.4, 0.5) is 0 Å². The molecule has 1 aromatic heterocycles. The van der Waals surface area contributed by atoms with Gasteiger partial charge in [-0.15, -0.1) is 0 Å². The van der Waals surface area contributed by atoms with E-state index in [0.717, 1.165) is 19.3 Å². The van der Waals surface area contributed by atoms with E-state index in [1.807, 2.05) is 0 Å². The van der Waals surface area contributed by atoms with E-state index in [2.05, 4.69) is 10.1 Å². The third-order valence-corrected chi connectivity index (χ3v) is 5.38. The van der Waals surface area contributed by atoms with Crippen LogP contribution in [0.3, 0.4) is 0 Å². The molecule has 112 valence electrons. The monoisotopic (exact) mass is 301 g/mol. The summed E-state index contributed by atoms with van der Waals surface area (Å²) in [4.78, 5) is 4.41. The summed E-state index contributed by atoms with van der Waals surface area (Å²) in [7, 11) is -3.60. The molecule has 2 aliphatic rings. The second-order valence-corrected chi connectivity index (χ2v) is 7.23. The molecular formula is C11H19N5O3S. The number of aromatic nitrogens is 2. The fraction of sp³-hybridized carbons (Fsp3) is 0.818. The van der Waals surface area contributed by atoms with Crippen molar-refractivity contribution in [2.75, 3.05) is 13.1 Å². The van der Waals surface area contributed by atoms with Gasteiger partial charge in [-0.05, 0) is 32.1 Å². The molecular weight excluding hydrogens is 282 g/mol. The molecule has 2 fully saturated rings. The first-order valence-corrected chi connectivity index (χ1v) is 8.30. The normalized spacial score (nSPS) is 24.5. The smallest absolute Gasteiger partial charge is 0.276 e. The van der Waals surface area contributed by atoms with E-state index < -0.39 is 15.7 Å². The zero-order valence-corrected chi connectivity index (χ0v) is 12.0. The highest BCUT2D eigenvalue weighted by atomic mass is 32.2. The van der Waals surface area contributed by atoms with Crippen molar-refractivity contribution < 1.29 is 12.9 Å². The minimum Gasteiger partial charge on any atom is -0.339 e. The summed E-state index contributed by atoms with van der Waals surface area (Å²) in [5.41, 5.74) is 5.73. The number of nitrogens with zero attached hydrogens (tertiary/aromatic N) is 3. The van der Waals surface area contributed by atoms with Crippen molar-refractivity contribution in [2.24, 2.45) is 10.9 Å². The van der Waals surface area contributed by atoms with E-state index in [1.54, 1.807) is 0 Å². The van der Waals surface area contributed by atoms with Gasteiger partial charge >= 0.3 is 0 Å². The number of rotatable bonds is 3. The van der Waals surface area contributed by atoms with Crippen molar-refractivity contribution in [3.8, 4) is 0 Å². The standard InChI is InChI=1S/C11H19N5O3S/c12-11(4-1-5-11)10-14-9(19-15-10)8-2-6-16(7-3-8)20(13,17)18/h8H,1-7,12H2,(H2,13,17,18). The Hall–Kier alpha value is -1.03. The molecule has 0 spiro atoms. The van der Waals surface area contributed by atoms with Gasteiger partial charge < -0.3 is 10.3 Å². The third-order valence-electron chi connectivity index (χ3n) is 4.30. The number of hydrogen-bond donors (Lipinski definition) is 2. The number of hydrogen-bond acceptors (Lipinski definition) is 6.